The van der Waals surface area contributed by atoms with Crippen LogP contribution in [0.3, 0.4) is 0 Å². The Balaban J connectivity index is 1.59. The van der Waals surface area contributed by atoms with Crippen molar-refractivity contribution in [2.24, 2.45) is 5.92 Å². The number of esters is 1. The van der Waals surface area contributed by atoms with E-state index < -0.39 is 12.1 Å². The van der Waals surface area contributed by atoms with Gasteiger partial charge in [-0.2, -0.15) is 11.8 Å². The molecule has 1 N–H and O–H groups in total. The lowest BCUT2D eigenvalue weighted by molar-refractivity contribution is -0.154. The number of nitrogens with zero attached hydrogens (tertiary/aromatic N) is 1. The van der Waals surface area contributed by atoms with Crippen molar-refractivity contribution in [1.29, 1.82) is 0 Å². The van der Waals surface area contributed by atoms with Crippen LogP contribution in [0.15, 0.2) is 0 Å². The Morgan fingerprint density at radius 2 is 1.90 bits per heavy atom. The smallest absolute Gasteiger partial charge is 0.334 e. The van der Waals surface area contributed by atoms with Gasteiger partial charge in [-0.25, -0.2) is 4.79 Å². The van der Waals surface area contributed by atoms with Crippen LogP contribution in [-0.4, -0.2) is 59.8 Å². The zero-order valence-electron chi connectivity index (χ0n) is 13.1. The molecule has 21 heavy (non-hydrogen) atoms. The van der Waals surface area contributed by atoms with E-state index in [-0.39, 0.29) is 5.92 Å². The van der Waals surface area contributed by atoms with Crippen molar-refractivity contribution in [3.05, 3.63) is 0 Å². The first-order valence-electron chi connectivity index (χ1n) is 8.30. The predicted octanol–water partition coefficient (Wildman–Crippen LogP) is 2.30. The van der Waals surface area contributed by atoms with Crippen LogP contribution in [-0.2, 0) is 9.53 Å². The Bertz CT molecular complexity index is 313. The quantitative estimate of drug-likeness (QED) is 0.762. The van der Waals surface area contributed by atoms with Gasteiger partial charge in [0.1, 0.15) is 0 Å². The van der Waals surface area contributed by atoms with E-state index in [1.54, 1.807) is 0 Å². The Kier molecular flexibility index (Phi) is 7.34. The van der Waals surface area contributed by atoms with E-state index in [2.05, 4.69) is 21.4 Å². The summed E-state index contributed by atoms with van der Waals surface area (Å²) in [7, 11) is 1.34. The van der Waals surface area contributed by atoms with E-state index in [1.807, 2.05) is 0 Å². The third kappa shape index (κ3) is 5.46. The molecule has 1 atom stereocenters. The van der Waals surface area contributed by atoms with Crippen molar-refractivity contribution in [2.75, 3.05) is 32.5 Å². The van der Waals surface area contributed by atoms with E-state index in [0.29, 0.717) is 0 Å². The number of carbonyl (C=O) groups excluding carboxylic acids is 1. The molecule has 4 nitrogen and oxygen atoms in total. The van der Waals surface area contributed by atoms with Gasteiger partial charge >= 0.3 is 5.97 Å². The molecule has 1 heterocycles. The van der Waals surface area contributed by atoms with E-state index >= 15 is 0 Å². The fourth-order valence-corrected chi connectivity index (χ4v) is 4.75. The number of hydrogen-bond acceptors (Lipinski definition) is 5. The number of likely N-dealkylation sites (tertiary alicyclic amines) is 1. The number of thioether (sulfide) groups is 1. The summed E-state index contributed by atoms with van der Waals surface area (Å²) in [6.45, 7) is 3.12. The summed E-state index contributed by atoms with van der Waals surface area (Å²) in [6, 6.07) is 0. The molecule has 1 aliphatic heterocycles. The standard InChI is InChI=1S/C16H29NO3S/c1-20-16(19)15(18)13-7-9-17(10-8-13)11-12-21-14-5-3-2-4-6-14/h13-15,18H,2-12H2,1H3/t15-/m1/s1. The van der Waals surface area contributed by atoms with Gasteiger partial charge in [0.05, 0.1) is 7.11 Å². The summed E-state index contributed by atoms with van der Waals surface area (Å²) in [5, 5.41) is 10.8. The van der Waals surface area contributed by atoms with Crippen LogP contribution in [0.5, 0.6) is 0 Å². The molecule has 2 rings (SSSR count). The van der Waals surface area contributed by atoms with Gasteiger partial charge in [-0.05, 0) is 44.7 Å². The average molecular weight is 315 g/mol. The summed E-state index contributed by atoms with van der Waals surface area (Å²) in [4.78, 5) is 13.8. The fourth-order valence-electron chi connectivity index (χ4n) is 3.39. The second-order valence-electron chi connectivity index (χ2n) is 6.28. The number of hydrogen-bond donors (Lipinski definition) is 1. The minimum atomic E-state index is -0.936. The number of piperidine rings is 1. The zero-order valence-corrected chi connectivity index (χ0v) is 13.9. The van der Waals surface area contributed by atoms with Gasteiger partial charge < -0.3 is 14.7 Å². The zero-order chi connectivity index (χ0) is 15.1. The Hall–Kier alpha value is -0.260. The maximum atomic E-state index is 11.4. The minimum Gasteiger partial charge on any atom is -0.467 e. The molecule has 0 amide bonds. The van der Waals surface area contributed by atoms with Crippen molar-refractivity contribution in [2.45, 2.75) is 56.3 Å². The molecule has 2 fully saturated rings. The van der Waals surface area contributed by atoms with Crippen LogP contribution >= 0.6 is 11.8 Å². The summed E-state index contributed by atoms with van der Waals surface area (Å²) >= 11 is 2.14. The van der Waals surface area contributed by atoms with Crippen molar-refractivity contribution in [3.8, 4) is 0 Å². The highest BCUT2D eigenvalue weighted by Crippen LogP contribution is 2.28. The number of ether oxygens (including phenoxy) is 1. The Labute approximate surface area is 132 Å². The van der Waals surface area contributed by atoms with E-state index in [1.165, 1.54) is 45.0 Å². The molecular weight excluding hydrogens is 286 g/mol. The number of carbonyl (C=O) groups is 1. The second-order valence-corrected chi connectivity index (χ2v) is 7.69. The van der Waals surface area contributed by atoms with Crippen LogP contribution < -0.4 is 0 Å². The molecule has 1 aliphatic carbocycles. The molecule has 1 saturated heterocycles. The lowest BCUT2D eigenvalue weighted by Crippen LogP contribution is -2.41. The molecule has 0 radical (unpaired) electrons. The number of rotatable bonds is 6. The molecule has 0 aromatic heterocycles. The molecule has 0 aromatic rings. The molecule has 5 heteroatoms. The summed E-state index contributed by atoms with van der Waals surface area (Å²) in [6.07, 6.45) is 7.90. The van der Waals surface area contributed by atoms with Gasteiger partial charge in [0.2, 0.25) is 0 Å². The maximum absolute atomic E-state index is 11.4. The van der Waals surface area contributed by atoms with E-state index in [4.69, 9.17) is 0 Å². The third-order valence-corrected chi connectivity index (χ3v) is 6.20. The van der Waals surface area contributed by atoms with Crippen LogP contribution in [0, 0.1) is 5.92 Å². The molecule has 0 bridgehead atoms. The normalized spacial score (nSPS) is 23.9. The highest BCUT2D eigenvalue weighted by Gasteiger charge is 2.30. The Morgan fingerprint density at radius 1 is 1.24 bits per heavy atom. The highest BCUT2D eigenvalue weighted by atomic mass is 32.2. The summed E-state index contributed by atoms with van der Waals surface area (Å²) < 4.78 is 4.62. The third-order valence-electron chi connectivity index (χ3n) is 4.83. The monoisotopic (exact) mass is 315 g/mol. The van der Waals surface area contributed by atoms with Crippen molar-refractivity contribution < 1.29 is 14.6 Å². The second kappa shape index (κ2) is 9.01. The van der Waals surface area contributed by atoms with Gasteiger partial charge in [0, 0.05) is 17.5 Å². The largest absolute Gasteiger partial charge is 0.467 e. The highest BCUT2D eigenvalue weighted by molar-refractivity contribution is 7.99. The van der Waals surface area contributed by atoms with Gasteiger partial charge in [0.25, 0.3) is 0 Å². The molecule has 122 valence electrons. The van der Waals surface area contributed by atoms with E-state index in [0.717, 1.165) is 37.7 Å². The van der Waals surface area contributed by atoms with Gasteiger partial charge in [-0.3, -0.25) is 0 Å². The Morgan fingerprint density at radius 3 is 2.52 bits per heavy atom. The fraction of sp³-hybridized carbons (Fsp3) is 0.938. The first kappa shape index (κ1) is 17.1. The maximum Gasteiger partial charge on any atom is 0.334 e. The first-order valence-corrected chi connectivity index (χ1v) is 9.35. The molecular formula is C16H29NO3S. The molecule has 2 aliphatic rings. The molecule has 1 saturated carbocycles. The average Bonchev–Trinajstić information content (AvgIpc) is 2.55. The predicted molar refractivity (Wildman–Crippen MR) is 86.5 cm³/mol. The van der Waals surface area contributed by atoms with Crippen molar-refractivity contribution >= 4 is 17.7 Å². The topological polar surface area (TPSA) is 49.8 Å². The molecule has 0 spiro atoms. The number of aliphatic hydroxyl groups excluding tert-OH is 1. The van der Waals surface area contributed by atoms with Crippen molar-refractivity contribution in [3.63, 3.8) is 0 Å². The summed E-state index contributed by atoms with van der Waals surface area (Å²) in [5.74, 6) is 0.801. The summed E-state index contributed by atoms with van der Waals surface area (Å²) in [5.41, 5.74) is 0. The van der Waals surface area contributed by atoms with E-state index in [9.17, 15) is 9.90 Å². The molecule has 0 aromatic carbocycles. The van der Waals surface area contributed by atoms with Gasteiger partial charge in [-0.1, -0.05) is 19.3 Å². The van der Waals surface area contributed by atoms with Gasteiger partial charge in [0.15, 0.2) is 6.10 Å². The number of aliphatic hydroxyl groups is 1. The van der Waals surface area contributed by atoms with Crippen LogP contribution in [0.25, 0.3) is 0 Å². The van der Waals surface area contributed by atoms with Crippen LogP contribution in [0.2, 0.25) is 0 Å². The van der Waals surface area contributed by atoms with Crippen LogP contribution in [0.4, 0.5) is 0 Å². The lowest BCUT2D eigenvalue weighted by atomic mass is 9.91. The minimum absolute atomic E-state index is 0.0692. The van der Waals surface area contributed by atoms with Crippen LogP contribution in [0.1, 0.15) is 44.9 Å². The molecule has 0 unspecified atom stereocenters. The first-order chi connectivity index (χ1) is 10.2. The SMILES string of the molecule is COC(=O)[C@H](O)C1CCN(CCSC2CCCCC2)CC1. The number of methoxy groups -OCH3 is 1. The van der Waals surface area contributed by atoms with Crippen molar-refractivity contribution in [1.82, 2.24) is 4.90 Å². The van der Waals surface area contributed by atoms with Gasteiger partial charge in [-0.15, -0.1) is 0 Å². The lowest BCUT2D eigenvalue weighted by Gasteiger charge is -2.33.